The average Bonchev–Trinajstić information content (AvgIpc) is 2.76. The Balaban J connectivity index is 2.29. The first-order chi connectivity index (χ1) is 7.81. The van der Waals surface area contributed by atoms with Gasteiger partial charge < -0.3 is 0 Å². The molecule has 7 heteroatoms. The summed E-state index contributed by atoms with van der Waals surface area (Å²) in [6.45, 7) is 2.10. The summed E-state index contributed by atoms with van der Waals surface area (Å²) >= 11 is 8.88. The number of nitrogens with zero attached hydrogens (tertiary/aromatic N) is 4. The Labute approximate surface area is 107 Å². The van der Waals surface area contributed by atoms with E-state index in [4.69, 9.17) is 11.6 Å². The molecule has 4 nitrogen and oxygen atoms in total. The summed E-state index contributed by atoms with van der Waals surface area (Å²) < 4.78 is 4.82. The van der Waals surface area contributed by atoms with Crippen LogP contribution in [0.15, 0.2) is 22.0 Å². The monoisotopic (exact) mass is 272 g/mol. The van der Waals surface area contributed by atoms with E-state index in [1.165, 1.54) is 35.9 Å². The van der Waals surface area contributed by atoms with Crippen molar-refractivity contribution in [2.45, 2.75) is 29.1 Å². The maximum absolute atomic E-state index is 6.05. The maximum atomic E-state index is 6.05. The standard InChI is InChI=1S/C9H9ClN4S2/c1-2-3-6-7(10)11-4-12-8(6)15-9-13-5-14-16-9/h4-5H,2-3H2,1H3. The van der Waals surface area contributed by atoms with Crippen LogP contribution in [-0.4, -0.2) is 19.3 Å². The first kappa shape index (κ1) is 11.8. The molecule has 0 aliphatic rings. The molecule has 0 fully saturated rings. The van der Waals surface area contributed by atoms with E-state index < -0.39 is 0 Å². The van der Waals surface area contributed by atoms with Crippen LogP contribution in [-0.2, 0) is 6.42 Å². The van der Waals surface area contributed by atoms with E-state index in [1.54, 1.807) is 0 Å². The third-order valence-corrected chi connectivity index (χ3v) is 3.96. The molecule has 0 spiro atoms. The highest BCUT2D eigenvalue weighted by Crippen LogP contribution is 2.31. The van der Waals surface area contributed by atoms with E-state index in [9.17, 15) is 0 Å². The smallest absolute Gasteiger partial charge is 0.176 e. The molecule has 0 radical (unpaired) electrons. The normalized spacial score (nSPS) is 10.6. The van der Waals surface area contributed by atoms with Crippen LogP contribution in [0.5, 0.6) is 0 Å². The molecule has 2 aromatic rings. The van der Waals surface area contributed by atoms with Crippen molar-refractivity contribution in [2.75, 3.05) is 0 Å². The van der Waals surface area contributed by atoms with E-state index in [2.05, 4.69) is 26.2 Å². The number of aromatic nitrogens is 4. The second-order valence-electron chi connectivity index (χ2n) is 3.01. The Bertz CT molecular complexity index is 461. The lowest BCUT2D eigenvalue weighted by molar-refractivity contribution is 0.856. The molecular weight excluding hydrogens is 264 g/mol. The molecule has 0 atom stereocenters. The van der Waals surface area contributed by atoms with Crippen LogP contribution in [0, 0.1) is 0 Å². The van der Waals surface area contributed by atoms with E-state index in [1.807, 2.05) is 0 Å². The summed E-state index contributed by atoms with van der Waals surface area (Å²) in [5.74, 6) is 0. The largest absolute Gasteiger partial charge is 0.229 e. The Morgan fingerprint density at radius 2 is 2.19 bits per heavy atom. The molecule has 2 aromatic heterocycles. The molecule has 0 aromatic carbocycles. The predicted molar refractivity (Wildman–Crippen MR) is 65.1 cm³/mol. The lowest BCUT2D eigenvalue weighted by Crippen LogP contribution is -1.95. The lowest BCUT2D eigenvalue weighted by atomic mass is 10.2. The molecule has 0 amide bonds. The van der Waals surface area contributed by atoms with Crippen LogP contribution >= 0.6 is 34.9 Å². The fraction of sp³-hybridized carbons (Fsp3) is 0.333. The van der Waals surface area contributed by atoms with Gasteiger partial charge in [0.05, 0.1) is 0 Å². The fourth-order valence-corrected chi connectivity index (χ4v) is 2.98. The van der Waals surface area contributed by atoms with Gasteiger partial charge in [0, 0.05) is 5.56 Å². The molecule has 0 aliphatic carbocycles. The zero-order valence-corrected chi connectivity index (χ0v) is 10.9. The Morgan fingerprint density at radius 3 is 2.88 bits per heavy atom. The van der Waals surface area contributed by atoms with Crippen LogP contribution in [0.25, 0.3) is 0 Å². The van der Waals surface area contributed by atoms with Gasteiger partial charge in [0.1, 0.15) is 22.8 Å². The van der Waals surface area contributed by atoms with Crippen molar-refractivity contribution in [3.05, 3.63) is 23.4 Å². The summed E-state index contributed by atoms with van der Waals surface area (Å²) in [6.07, 6.45) is 4.90. The summed E-state index contributed by atoms with van der Waals surface area (Å²) in [5.41, 5.74) is 0.992. The Morgan fingerprint density at radius 1 is 1.31 bits per heavy atom. The van der Waals surface area contributed by atoms with E-state index in [0.717, 1.165) is 27.8 Å². The maximum Gasteiger partial charge on any atom is 0.176 e. The number of hydrogen-bond acceptors (Lipinski definition) is 6. The van der Waals surface area contributed by atoms with Crippen molar-refractivity contribution < 1.29 is 0 Å². The van der Waals surface area contributed by atoms with Gasteiger partial charge in [-0.25, -0.2) is 15.0 Å². The first-order valence-corrected chi connectivity index (χ1v) is 6.72. The van der Waals surface area contributed by atoms with E-state index in [-0.39, 0.29) is 0 Å². The first-order valence-electron chi connectivity index (χ1n) is 4.75. The van der Waals surface area contributed by atoms with Crippen molar-refractivity contribution in [1.82, 2.24) is 19.3 Å². The van der Waals surface area contributed by atoms with Crippen molar-refractivity contribution >= 4 is 34.9 Å². The number of rotatable bonds is 4. The van der Waals surface area contributed by atoms with Crippen molar-refractivity contribution in [3.8, 4) is 0 Å². The highest BCUT2D eigenvalue weighted by molar-refractivity contribution is 8.00. The minimum absolute atomic E-state index is 0.531. The van der Waals surface area contributed by atoms with Gasteiger partial charge in [-0.2, -0.15) is 4.37 Å². The molecule has 0 bridgehead atoms. The summed E-state index contributed by atoms with van der Waals surface area (Å²) in [6, 6.07) is 0. The molecular formula is C9H9ClN4S2. The topological polar surface area (TPSA) is 51.6 Å². The van der Waals surface area contributed by atoms with Crippen molar-refractivity contribution in [1.29, 1.82) is 0 Å². The van der Waals surface area contributed by atoms with Gasteiger partial charge in [0.25, 0.3) is 0 Å². The van der Waals surface area contributed by atoms with Gasteiger partial charge in [-0.3, -0.25) is 0 Å². The third kappa shape index (κ3) is 2.69. The van der Waals surface area contributed by atoms with E-state index in [0.29, 0.717) is 5.15 Å². The summed E-state index contributed by atoms with van der Waals surface area (Å²) in [4.78, 5) is 12.3. The second-order valence-corrected chi connectivity index (χ2v) is 5.38. The van der Waals surface area contributed by atoms with Crippen LogP contribution in [0.1, 0.15) is 18.9 Å². The van der Waals surface area contributed by atoms with Gasteiger partial charge in [-0.05, 0) is 29.7 Å². The van der Waals surface area contributed by atoms with Gasteiger partial charge in [-0.15, -0.1) is 0 Å². The second kappa shape index (κ2) is 5.56. The quantitative estimate of drug-likeness (QED) is 0.801. The Hall–Kier alpha value is -0.720. The lowest BCUT2D eigenvalue weighted by Gasteiger charge is -2.06. The van der Waals surface area contributed by atoms with Crippen molar-refractivity contribution in [3.63, 3.8) is 0 Å². The molecule has 0 unspecified atom stereocenters. The Kier molecular flexibility index (Phi) is 4.09. The molecule has 0 saturated carbocycles. The molecule has 0 aliphatic heterocycles. The minimum atomic E-state index is 0.531. The summed E-state index contributed by atoms with van der Waals surface area (Å²) in [7, 11) is 0. The van der Waals surface area contributed by atoms with Gasteiger partial charge >= 0.3 is 0 Å². The molecule has 16 heavy (non-hydrogen) atoms. The van der Waals surface area contributed by atoms with E-state index >= 15 is 0 Å². The zero-order chi connectivity index (χ0) is 11.4. The fourth-order valence-electron chi connectivity index (χ4n) is 1.21. The average molecular weight is 273 g/mol. The molecule has 84 valence electrons. The van der Waals surface area contributed by atoms with Gasteiger partial charge in [0.15, 0.2) is 4.34 Å². The third-order valence-electron chi connectivity index (χ3n) is 1.88. The van der Waals surface area contributed by atoms with Gasteiger partial charge in [0.2, 0.25) is 0 Å². The van der Waals surface area contributed by atoms with Crippen LogP contribution in [0.4, 0.5) is 0 Å². The highest BCUT2D eigenvalue weighted by atomic mass is 35.5. The highest BCUT2D eigenvalue weighted by Gasteiger charge is 2.11. The van der Waals surface area contributed by atoms with Gasteiger partial charge in [-0.1, -0.05) is 24.9 Å². The number of hydrogen-bond donors (Lipinski definition) is 0. The van der Waals surface area contributed by atoms with Crippen LogP contribution < -0.4 is 0 Å². The SMILES string of the molecule is CCCc1c(Cl)ncnc1Sc1ncns1. The van der Waals surface area contributed by atoms with Crippen LogP contribution in [0.3, 0.4) is 0 Å². The number of halogens is 1. The molecule has 0 N–H and O–H groups in total. The predicted octanol–water partition coefficient (Wildman–Crippen LogP) is 3.09. The molecule has 2 heterocycles. The zero-order valence-electron chi connectivity index (χ0n) is 8.55. The summed E-state index contributed by atoms with van der Waals surface area (Å²) in [5, 5.41) is 1.41. The van der Waals surface area contributed by atoms with Crippen molar-refractivity contribution in [2.24, 2.45) is 0 Å². The molecule has 2 rings (SSSR count). The van der Waals surface area contributed by atoms with Crippen LogP contribution in [0.2, 0.25) is 5.15 Å². The molecule has 0 saturated heterocycles. The minimum Gasteiger partial charge on any atom is -0.229 e.